The lowest BCUT2D eigenvalue weighted by atomic mass is 10.2. The van der Waals surface area contributed by atoms with E-state index in [4.69, 9.17) is 9.62 Å². The van der Waals surface area contributed by atoms with Crippen molar-refractivity contribution in [3.05, 3.63) is 42.5 Å². The molecular weight excluding hydrogens is 232 g/mol. The summed E-state index contributed by atoms with van der Waals surface area (Å²) in [5.74, 6) is 0.430. The van der Waals surface area contributed by atoms with Crippen LogP contribution in [0.1, 0.15) is 26.2 Å². The number of allylic oxidation sites excluding steroid dienone is 2. The van der Waals surface area contributed by atoms with Gasteiger partial charge in [-0.1, -0.05) is 30.4 Å². The summed E-state index contributed by atoms with van der Waals surface area (Å²) < 4.78 is 4.86. The van der Waals surface area contributed by atoms with Gasteiger partial charge in [-0.25, -0.2) is 4.79 Å². The second-order valence-electron chi connectivity index (χ2n) is 3.64. The molecular formula is C14H18O4. The minimum atomic E-state index is -0.852. The lowest BCUT2D eigenvalue weighted by Crippen LogP contribution is -2.11. The van der Waals surface area contributed by atoms with Gasteiger partial charge in [0, 0.05) is 0 Å². The first kappa shape index (κ1) is 14.3. The summed E-state index contributed by atoms with van der Waals surface area (Å²) in [5.41, 5.74) is 0. The van der Waals surface area contributed by atoms with Crippen molar-refractivity contribution in [3.63, 3.8) is 0 Å². The van der Waals surface area contributed by atoms with Crippen molar-refractivity contribution in [1.82, 2.24) is 0 Å². The molecule has 0 aromatic heterocycles. The Balaban J connectivity index is 2.04. The molecule has 0 N–H and O–H groups in total. The summed E-state index contributed by atoms with van der Waals surface area (Å²) in [5, 5.41) is 0. The van der Waals surface area contributed by atoms with Crippen LogP contribution in [0.4, 0.5) is 4.79 Å². The zero-order valence-electron chi connectivity index (χ0n) is 10.5. The summed E-state index contributed by atoms with van der Waals surface area (Å²) in [6.07, 6.45) is 6.09. The predicted octanol–water partition coefficient (Wildman–Crippen LogP) is 3.88. The van der Waals surface area contributed by atoms with E-state index in [0.29, 0.717) is 12.4 Å². The minimum absolute atomic E-state index is 0.376. The maximum Gasteiger partial charge on any atom is 0.546 e. The smallest absolute Gasteiger partial charge is 0.393 e. The number of carbonyl (C=O) groups excluding carboxylic acids is 1. The normalized spacial score (nSPS) is 10.5. The van der Waals surface area contributed by atoms with Crippen LogP contribution in [0.3, 0.4) is 0 Å². The minimum Gasteiger partial charge on any atom is -0.393 e. The molecule has 98 valence electrons. The molecule has 0 atom stereocenters. The third-order valence-corrected chi connectivity index (χ3v) is 2.16. The number of para-hydroxylation sites is 1. The van der Waals surface area contributed by atoms with Gasteiger partial charge in [-0.15, -0.1) is 0 Å². The first-order valence-corrected chi connectivity index (χ1v) is 6.00. The van der Waals surface area contributed by atoms with Crippen LogP contribution in [0.15, 0.2) is 42.5 Å². The van der Waals surface area contributed by atoms with Gasteiger partial charge in [0.15, 0.2) is 0 Å². The lowest BCUT2D eigenvalue weighted by Gasteiger charge is -2.04. The van der Waals surface area contributed by atoms with Crippen LogP contribution < -0.4 is 4.74 Å². The molecule has 0 aliphatic heterocycles. The van der Waals surface area contributed by atoms with Crippen molar-refractivity contribution < 1.29 is 19.3 Å². The molecule has 1 aromatic rings. The molecule has 0 saturated carbocycles. The number of unbranched alkanes of at least 4 members (excludes halogenated alkanes) is 2. The summed E-state index contributed by atoms with van der Waals surface area (Å²) in [6, 6.07) is 8.70. The summed E-state index contributed by atoms with van der Waals surface area (Å²) in [6.45, 7) is 2.36. The molecule has 0 saturated heterocycles. The highest BCUT2D eigenvalue weighted by atomic mass is 17.2. The standard InChI is InChI=1S/C14H18O4/c1-2-3-4-5-9-12-16-18-14(15)17-13-10-7-6-8-11-13/h2-3,6-8,10-11H,4-5,9,12H2,1H3. The van der Waals surface area contributed by atoms with Gasteiger partial charge in [0.2, 0.25) is 0 Å². The van der Waals surface area contributed by atoms with E-state index in [1.165, 1.54) is 0 Å². The van der Waals surface area contributed by atoms with Crippen molar-refractivity contribution in [3.8, 4) is 5.75 Å². The molecule has 4 nitrogen and oxygen atoms in total. The van der Waals surface area contributed by atoms with Crippen LogP contribution in [-0.2, 0) is 9.78 Å². The second-order valence-corrected chi connectivity index (χ2v) is 3.64. The monoisotopic (exact) mass is 250 g/mol. The third kappa shape index (κ3) is 6.70. The van der Waals surface area contributed by atoms with E-state index in [1.807, 2.05) is 19.1 Å². The quantitative estimate of drug-likeness (QED) is 0.184. The van der Waals surface area contributed by atoms with Crippen LogP contribution in [0, 0.1) is 0 Å². The van der Waals surface area contributed by atoms with E-state index in [0.717, 1.165) is 19.3 Å². The topological polar surface area (TPSA) is 44.8 Å². The third-order valence-electron chi connectivity index (χ3n) is 2.16. The van der Waals surface area contributed by atoms with Crippen molar-refractivity contribution >= 4 is 6.16 Å². The summed E-state index contributed by atoms with van der Waals surface area (Å²) >= 11 is 0. The summed E-state index contributed by atoms with van der Waals surface area (Å²) in [4.78, 5) is 20.4. The molecule has 1 aromatic carbocycles. The molecule has 4 heteroatoms. The molecule has 0 fully saturated rings. The van der Waals surface area contributed by atoms with Gasteiger partial charge >= 0.3 is 6.16 Å². The van der Waals surface area contributed by atoms with E-state index in [1.54, 1.807) is 24.3 Å². The van der Waals surface area contributed by atoms with Crippen molar-refractivity contribution in [1.29, 1.82) is 0 Å². The van der Waals surface area contributed by atoms with Gasteiger partial charge < -0.3 is 4.74 Å². The average Bonchev–Trinajstić information content (AvgIpc) is 2.39. The van der Waals surface area contributed by atoms with Gasteiger partial charge in [0.1, 0.15) is 5.75 Å². The molecule has 0 spiro atoms. The molecule has 18 heavy (non-hydrogen) atoms. The molecule has 0 amide bonds. The van der Waals surface area contributed by atoms with E-state index >= 15 is 0 Å². The largest absolute Gasteiger partial charge is 0.546 e. The first-order valence-electron chi connectivity index (χ1n) is 6.00. The average molecular weight is 250 g/mol. The highest BCUT2D eigenvalue weighted by Gasteiger charge is 2.06. The number of carbonyl (C=O) groups is 1. The Morgan fingerprint density at radius 2 is 2.00 bits per heavy atom. The first-order chi connectivity index (χ1) is 8.83. The van der Waals surface area contributed by atoms with E-state index in [-0.39, 0.29) is 0 Å². The number of hydrogen-bond acceptors (Lipinski definition) is 4. The summed E-state index contributed by atoms with van der Waals surface area (Å²) in [7, 11) is 0. The van der Waals surface area contributed by atoms with Crippen LogP contribution >= 0.6 is 0 Å². The number of hydrogen-bond donors (Lipinski definition) is 0. The fourth-order valence-corrected chi connectivity index (χ4v) is 1.28. The highest BCUT2D eigenvalue weighted by molar-refractivity contribution is 5.62. The zero-order valence-corrected chi connectivity index (χ0v) is 10.5. The molecule has 0 aliphatic rings. The molecule has 0 bridgehead atoms. The van der Waals surface area contributed by atoms with E-state index in [2.05, 4.69) is 11.0 Å². The number of ether oxygens (including phenoxy) is 1. The molecule has 0 radical (unpaired) electrons. The Hall–Kier alpha value is -1.81. The van der Waals surface area contributed by atoms with Crippen LogP contribution in [0.2, 0.25) is 0 Å². The molecule has 0 aliphatic carbocycles. The van der Waals surface area contributed by atoms with Gasteiger partial charge in [0.25, 0.3) is 0 Å². The molecule has 0 unspecified atom stereocenters. The fourth-order valence-electron chi connectivity index (χ4n) is 1.28. The Bertz CT molecular complexity index is 359. The SMILES string of the molecule is CC=CCCCCOOC(=O)Oc1ccccc1. The zero-order chi connectivity index (χ0) is 13.1. The Morgan fingerprint density at radius 1 is 1.22 bits per heavy atom. The van der Waals surface area contributed by atoms with Gasteiger partial charge in [-0.3, -0.25) is 4.89 Å². The molecule has 0 heterocycles. The van der Waals surface area contributed by atoms with E-state index < -0.39 is 6.16 Å². The Kier molecular flexibility index (Phi) is 7.32. The fraction of sp³-hybridized carbons (Fsp3) is 0.357. The van der Waals surface area contributed by atoms with Crippen molar-refractivity contribution in [2.24, 2.45) is 0 Å². The van der Waals surface area contributed by atoms with Gasteiger partial charge in [0.05, 0.1) is 6.61 Å². The van der Waals surface area contributed by atoms with Gasteiger partial charge in [-0.05, 0) is 38.3 Å². The maximum atomic E-state index is 11.2. The predicted molar refractivity (Wildman–Crippen MR) is 68.2 cm³/mol. The maximum absolute atomic E-state index is 11.2. The lowest BCUT2D eigenvalue weighted by molar-refractivity contribution is -0.249. The van der Waals surface area contributed by atoms with Gasteiger partial charge in [-0.2, -0.15) is 4.89 Å². The number of rotatable bonds is 7. The van der Waals surface area contributed by atoms with Crippen LogP contribution in [0.25, 0.3) is 0 Å². The Labute approximate surface area is 107 Å². The van der Waals surface area contributed by atoms with Crippen molar-refractivity contribution in [2.75, 3.05) is 6.61 Å². The van der Waals surface area contributed by atoms with Crippen LogP contribution in [0.5, 0.6) is 5.75 Å². The highest BCUT2D eigenvalue weighted by Crippen LogP contribution is 2.09. The molecule has 1 rings (SSSR count). The van der Waals surface area contributed by atoms with Crippen molar-refractivity contribution in [2.45, 2.75) is 26.2 Å². The van der Waals surface area contributed by atoms with Crippen LogP contribution in [-0.4, -0.2) is 12.8 Å². The number of benzene rings is 1. The van der Waals surface area contributed by atoms with E-state index in [9.17, 15) is 4.79 Å². The second kappa shape index (κ2) is 9.24. The Morgan fingerprint density at radius 3 is 2.72 bits per heavy atom.